The first-order chi connectivity index (χ1) is 6.06. The van der Waals surface area contributed by atoms with Crippen molar-refractivity contribution in [3.8, 4) is 0 Å². The Hall–Kier alpha value is 1.07. The summed E-state index contributed by atoms with van der Waals surface area (Å²) in [5, 5.41) is 0. The van der Waals surface area contributed by atoms with Crippen molar-refractivity contribution in [1.82, 2.24) is 0 Å². The third-order valence-electron chi connectivity index (χ3n) is 0.894. The number of hydrogen-bond acceptors (Lipinski definition) is 1. The van der Waals surface area contributed by atoms with Gasteiger partial charge in [0.05, 0.1) is 27.7 Å². The molecule has 5 nitrogen and oxygen atoms in total. The zero-order chi connectivity index (χ0) is 12.4. The zero-order valence-electron chi connectivity index (χ0n) is 10.8. The first-order valence-electron chi connectivity index (χ1n) is 4.35. The van der Waals surface area contributed by atoms with Crippen LogP contribution in [0.1, 0.15) is 20.3 Å². The van der Waals surface area contributed by atoms with Gasteiger partial charge in [0.1, 0.15) is 0 Å². The van der Waals surface area contributed by atoms with E-state index in [1.54, 1.807) is 6.92 Å². The molecule has 3 N–H and O–H groups in total. The average Bonchev–Trinajstić information content (AvgIpc) is 1.85. The van der Waals surface area contributed by atoms with Crippen molar-refractivity contribution in [3.63, 3.8) is 0 Å². The topological polar surface area (TPSA) is 77.8 Å². The first-order valence-corrected chi connectivity index (χ1v) is 5.92. The van der Waals surface area contributed by atoms with E-state index in [-0.39, 0.29) is 29.6 Å². The Morgan fingerprint density at radius 2 is 1.33 bits per heavy atom. The Bertz CT molecular complexity index is 147. The molecule has 0 fully saturated rings. The molecule has 0 saturated heterocycles. The quantitative estimate of drug-likeness (QED) is 0.230. The fraction of sp³-hybridized carbons (Fsp3) is 0.875. The van der Waals surface area contributed by atoms with Gasteiger partial charge in [-0.2, -0.15) is 6.92 Å². The SMILES string of the molecule is CCC[N+](C)(C)C.O=P(O)(O)O.[CH2-]C.[Na+]. The molecular formula is C8H24NNaO4P+. The smallest absolute Gasteiger partial charge is 0.346 e. The summed E-state index contributed by atoms with van der Waals surface area (Å²) in [6.45, 7) is 8.49. The van der Waals surface area contributed by atoms with E-state index in [0.717, 1.165) is 4.48 Å². The molecule has 0 aliphatic carbocycles. The van der Waals surface area contributed by atoms with Gasteiger partial charge in [-0.3, -0.25) is 0 Å². The van der Waals surface area contributed by atoms with Gasteiger partial charge in [-0.15, -0.1) is 0 Å². The molecule has 0 aromatic carbocycles. The van der Waals surface area contributed by atoms with Gasteiger partial charge in [-0.05, 0) is 6.42 Å². The molecule has 7 heteroatoms. The van der Waals surface area contributed by atoms with E-state index >= 15 is 0 Å². The van der Waals surface area contributed by atoms with Crippen molar-refractivity contribution in [1.29, 1.82) is 0 Å². The maximum atomic E-state index is 8.88. The van der Waals surface area contributed by atoms with Crippen LogP contribution < -0.4 is 29.6 Å². The summed E-state index contributed by atoms with van der Waals surface area (Å²) in [6.07, 6.45) is 1.28. The van der Waals surface area contributed by atoms with Gasteiger partial charge in [0.2, 0.25) is 0 Å². The maximum Gasteiger partial charge on any atom is 1.00 e. The number of hydrogen-bond donors (Lipinski definition) is 3. The molecule has 0 amide bonds. The van der Waals surface area contributed by atoms with Crippen molar-refractivity contribution in [2.75, 3.05) is 27.7 Å². The monoisotopic (exact) mass is 252 g/mol. The molecule has 0 aliphatic heterocycles. The molecule has 0 radical (unpaired) electrons. The molecule has 0 aromatic heterocycles. The molecule has 0 atom stereocenters. The van der Waals surface area contributed by atoms with Gasteiger partial charge < -0.3 is 26.1 Å². The Labute approximate surface area is 116 Å². The second-order valence-corrected chi connectivity index (χ2v) is 4.55. The molecule has 90 valence electrons. The number of rotatable bonds is 2. The average molecular weight is 252 g/mol. The molecule has 0 spiro atoms. The van der Waals surface area contributed by atoms with Crippen LogP contribution in [-0.2, 0) is 4.57 Å². The molecule has 0 aromatic rings. The van der Waals surface area contributed by atoms with Crippen LogP contribution in [0, 0.1) is 6.92 Å². The normalized spacial score (nSPS) is 9.93. The van der Waals surface area contributed by atoms with E-state index in [1.165, 1.54) is 13.0 Å². The van der Waals surface area contributed by atoms with Crippen molar-refractivity contribution in [2.45, 2.75) is 20.3 Å². The predicted molar refractivity (Wildman–Crippen MR) is 58.5 cm³/mol. The zero-order valence-corrected chi connectivity index (χ0v) is 13.7. The number of quaternary nitrogens is 1. The van der Waals surface area contributed by atoms with E-state index < -0.39 is 7.82 Å². The summed E-state index contributed by atoms with van der Waals surface area (Å²) < 4.78 is 9.98. The third-order valence-corrected chi connectivity index (χ3v) is 0.894. The predicted octanol–water partition coefficient (Wildman–Crippen LogP) is -1.98. The van der Waals surface area contributed by atoms with Gasteiger partial charge in [-0.1, -0.05) is 6.92 Å². The molecule has 0 saturated carbocycles. The summed E-state index contributed by atoms with van der Waals surface area (Å²) in [5.41, 5.74) is 0. The minimum Gasteiger partial charge on any atom is -0.346 e. The van der Waals surface area contributed by atoms with Gasteiger partial charge in [-0.25, -0.2) is 4.57 Å². The van der Waals surface area contributed by atoms with Gasteiger partial charge in [0, 0.05) is 0 Å². The standard InChI is InChI=1S/C6H16N.C2H5.Na.H3O4P/c1-5-6-7(2,3)4;1-2;;1-5(2,3)4/h5-6H2,1-4H3;1H2,2H3;;(H3,1,2,3,4)/q+1;-1;+1;. The largest absolute Gasteiger partial charge is 1.00 e. The van der Waals surface area contributed by atoms with E-state index in [1.807, 2.05) is 0 Å². The van der Waals surface area contributed by atoms with E-state index in [4.69, 9.17) is 19.2 Å². The summed E-state index contributed by atoms with van der Waals surface area (Å²) in [4.78, 5) is 21.6. The van der Waals surface area contributed by atoms with Crippen molar-refractivity contribution in [3.05, 3.63) is 6.92 Å². The second-order valence-electron chi connectivity index (χ2n) is 3.53. The van der Waals surface area contributed by atoms with Gasteiger partial charge >= 0.3 is 37.4 Å². The Morgan fingerprint density at radius 1 is 1.13 bits per heavy atom. The maximum absolute atomic E-state index is 8.88. The Kier molecular flexibility index (Phi) is 21.9. The molecule has 0 heterocycles. The van der Waals surface area contributed by atoms with E-state index in [0.29, 0.717) is 0 Å². The van der Waals surface area contributed by atoms with Crippen LogP contribution in [0.2, 0.25) is 0 Å². The number of phosphoric acid groups is 1. The van der Waals surface area contributed by atoms with E-state index in [9.17, 15) is 0 Å². The summed E-state index contributed by atoms with van der Waals surface area (Å²) in [7, 11) is 2.00. The van der Waals surface area contributed by atoms with Crippen LogP contribution in [0.5, 0.6) is 0 Å². The fourth-order valence-corrected chi connectivity index (χ4v) is 0.671. The second kappa shape index (κ2) is 13.1. The van der Waals surface area contributed by atoms with Crippen LogP contribution >= 0.6 is 7.82 Å². The minimum atomic E-state index is -4.64. The summed E-state index contributed by atoms with van der Waals surface area (Å²) in [5.74, 6) is 0. The Morgan fingerprint density at radius 3 is 1.33 bits per heavy atom. The van der Waals surface area contributed by atoms with Crippen LogP contribution in [0.3, 0.4) is 0 Å². The van der Waals surface area contributed by atoms with Crippen LogP contribution in [0.15, 0.2) is 0 Å². The van der Waals surface area contributed by atoms with Crippen molar-refractivity contribution in [2.24, 2.45) is 0 Å². The van der Waals surface area contributed by atoms with Crippen LogP contribution in [0.4, 0.5) is 0 Å². The minimum absolute atomic E-state index is 0. The molecule has 0 rings (SSSR count). The fourth-order valence-electron chi connectivity index (χ4n) is 0.671. The Balaban J connectivity index is -0.0000000675. The van der Waals surface area contributed by atoms with Gasteiger partial charge in [0.15, 0.2) is 0 Å². The van der Waals surface area contributed by atoms with E-state index in [2.05, 4.69) is 35.0 Å². The molecule has 0 bridgehead atoms. The third kappa shape index (κ3) is 100. The number of nitrogens with zero attached hydrogens (tertiary/aromatic N) is 1. The molecule has 15 heavy (non-hydrogen) atoms. The summed E-state index contributed by atoms with van der Waals surface area (Å²) >= 11 is 0. The van der Waals surface area contributed by atoms with Gasteiger partial charge in [0.25, 0.3) is 0 Å². The first kappa shape index (κ1) is 25.1. The molecule has 0 unspecified atom stereocenters. The summed E-state index contributed by atoms with van der Waals surface area (Å²) in [6, 6.07) is 0. The molecule has 0 aliphatic rings. The van der Waals surface area contributed by atoms with Crippen LogP contribution in [0.25, 0.3) is 0 Å². The van der Waals surface area contributed by atoms with Crippen LogP contribution in [-0.4, -0.2) is 46.9 Å². The molecular weight excluding hydrogens is 228 g/mol. The van der Waals surface area contributed by atoms with Crippen molar-refractivity contribution >= 4 is 7.82 Å². The van der Waals surface area contributed by atoms with Crippen molar-refractivity contribution < 1.29 is 53.3 Å².